The van der Waals surface area contributed by atoms with Gasteiger partial charge in [-0.2, -0.15) is 0 Å². The van der Waals surface area contributed by atoms with Crippen LogP contribution in [0.2, 0.25) is 0 Å². The van der Waals surface area contributed by atoms with E-state index in [4.69, 9.17) is 0 Å². The van der Waals surface area contributed by atoms with Gasteiger partial charge in [0.1, 0.15) is 0 Å². The third kappa shape index (κ3) is 3.53. The van der Waals surface area contributed by atoms with Crippen molar-refractivity contribution in [2.24, 2.45) is 5.92 Å². The number of hydrogen-bond donors (Lipinski definition) is 2. The van der Waals surface area contributed by atoms with Crippen LogP contribution < -0.4 is 10.6 Å². The van der Waals surface area contributed by atoms with Gasteiger partial charge >= 0.3 is 0 Å². The number of hydrogen-bond acceptors (Lipinski definition) is 3. The molecule has 4 heteroatoms. The summed E-state index contributed by atoms with van der Waals surface area (Å²) in [6.07, 6.45) is 9.62. The van der Waals surface area contributed by atoms with Crippen molar-refractivity contribution in [2.45, 2.75) is 63.5 Å². The molecule has 2 unspecified atom stereocenters. The first-order valence-corrected chi connectivity index (χ1v) is 8.57. The molecule has 0 aromatic carbocycles. The van der Waals surface area contributed by atoms with Gasteiger partial charge < -0.3 is 10.6 Å². The van der Waals surface area contributed by atoms with Gasteiger partial charge in [0.2, 0.25) is 5.91 Å². The highest BCUT2D eigenvalue weighted by molar-refractivity contribution is 5.76. The predicted octanol–water partition coefficient (Wildman–Crippen LogP) is 1.51. The van der Waals surface area contributed by atoms with Gasteiger partial charge in [-0.3, -0.25) is 9.69 Å². The third-order valence-electron chi connectivity index (χ3n) is 5.39. The molecule has 4 nitrogen and oxygen atoms in total. The van der Waals surface area contributed by atoms with Crippen LogP contribution in [-0.4, -0.2) is 49.1 Å². The zero-order chi connectivity index (χ0) is 13.8. The molecule has 2 atom stereocenters. The maximum Gasteiger partial charge on any atom is 0.221 e. The van der Waals surface area contributed by atoms with E-state index in [1.165, 1.54) is 58.0 Å². The van der Waals surface area contributed by atoms with Crippen LogP contribution in [-0.2, 0) is 4.79 Å². The lowest BCUT2D eigenvalue weighted by Crippen LogP contribution is -2.46. The number of likely N-dealkylation sites (tertiary alicyclic amines) is 1. The monoisotopic (exact) mass is 279 g/mol. The average Bonchev–Trinajstić information content (AvgIpc) is 2.95. The summed E-state index contributed by atoms with van der Waals surface area (Å²) < 4.78 is 0. The van der Waals surface area contributed by atoms with E-state index in [0.717, 1.165) is 19.0 Å². The molecule has 2 heterocycles. The van der Waals surface area contributed by atoms with Crippen molar-refractivity contribution in [2.75, 3.05) is 26.2 Å². The van der Waals surface area contributed by atoms with Crippen LogP contribution in [0.15, 0.2) is 0 Å². The van der Waals surface area contributed by atoms with Crippen LogP contribution >= 0.6 is 0 Å². The topological polar surface area (TPSA) is 44.4 Å². The molecule has 3 aliphatic rings. The molecular formula is C16H29N3O. The lowest BCUT2D eigenvalue weighted by atomic mass is 9.92. The molecular weight excluding hydrogens is 250 g/mol. The molecule has 114 valence electrons. The Morgan fingerprint density at radius 3 is 2.80 bits per heavy atom. The molecule has 20 heavy (non-hydrogen) atoms. The van der Waals surface area contributed by atoms with Crippen molar-refractivity contribution >= 4 is 5.91 Å². The quantitative estimate of drug-likeness (QED) is 0.820. The van der Waals surface area contributed by atoms with Gasteiger partial charge in [0.05, 0.1) is 0 Å². The van der Waals surface area contributed by atoms with Gasteiger partial charge in [-0.25, -0.2) is 0 Å². The van der Waals surface area contributed by atoms with E-state index in [-0.39, 0.29) is 5.91 Å². The Labute approximate surface area is 122 Å². The normalized spacial score (nSPS) is 32.0. The lowest BCUT2D eigenvalue weighted by molar-refractivity contribution is -0.122. The highest BCUT2D eigenvalue weighted by atomic mass is 16.1. The van der Waals surface area contributed by atoms with Crippen LogP contribution in [0.3, 0.4) is 0 Å². The summed E-state index contributed by atoms with van der Waals surface area (Å²) in [7, 11) is 0. The summed E-state index contributed by atoms with van der Waals surface area (Å²) in [5.41, 5.74) is 0. The van der Waals surface area contributed by atoms with Gasteiger partial charge in [-0.05, 0) is 44.7 Å². The number of nitrogens with one attached hydrogen (secondary N) is 2. The molecule has 2 saturated heterocycles. The zero-order valence-corrected chi connectivity index (χ0v) is 12.6. The summed E-state index contributed by atoms with van der Waals surface area (Å²) in [6.45, 7) is 4.42. The minimum Gasteiger partial charge on any atom is -0.353 e. The number of carbonyl (C=O) groups is 1. The van der Waals surface area contributed by atoms with Crippen molar-refractivity contribution < 1.29 is 4.79 Å². The van der Waals surface area contributed by atoms with E-state index in [1.807, 2.05) is 0 Å². The molecule has 0 aromatic heterocycles. The fraction of sp³-hybridized carbons (Fsp3) is 0.938. The summed E-state index contributed by atoms with van der Waals surface area (Å²) in [4.78, 5) is 14.6. The molecule has 1 saturated carbocycles. The highest BCUT2D eigenvalue weighted by Gasteiger charge is 2.34. The van der Waals surface area contributed by atoms with Gasteiger partial charge in [0, 0.05) is 31.6 Å². The smallest absolute Gasteiger partial charge is 0.221 e. The standard InChI is InChI=1S/C16H29N3O/c20-16(18-14-6-2-1-3-7-14)8-10-19-9-4-5-13-11-17-12-15(13)19/h13-15,17H,1-12H2,(H,18,20). The summed E-state index contributed by atoms with van der Waals surface area (Å²) in [5, 5.41) is 6.74. The Morgan fingerprint density at radius 1 is 1.10 bits per heavy atom. The van der Waals surface area contributed by atoms with Gasteiger partial charge in [-0.1, -0.05) is 19.3 Å². The third-order valence-corrected chi connectivity index (χ3v) is 5.39. The van der Waals surface area contributed by atoms with Crippen molar-refractivity contribution in [3.05, 3.63) is 0 Å². The maximum atomic E-state index is 12.1. The molecule has 0 radical (unpaired) electrons. The Kier molecular flexibility index (Phi) is 4.94. The summed E-state index contributed by atoms with van der Waals surface area (Å²) >= 11 is 0. The highest BCUT2D eigenvalue weighted by Crippen LogP contribution is 2.26. The average molecular weight is 279 g/mol. The van der Waals surface area contributed by atoms with Gasteiger partial charge in [0.15, 0.2) is 0 Å². The van der Waals surface area contributed by atoms with E-state index < -0.39 is 0 Å². The number of fused-ring (bicyclic) bond motifs is 1. The van der Waals surface area contributed by atoms with E-state index in [2.05, 4.69) is 15.5 Å². The first kappa shape index (κ1) is 14.3. The fourth-order valence-electron chi connectivity index (χ4n) is 4.23. The summed E-state index contributed by atoms with van der Waals surface area (Å²) in [6, 6.07) is 1.14. The van der Waals surface area contributed by atoms with Crippen LogP contribution in [0, 0.1) is 5.92 Å². The zero-order valence-electron chi connectivity index (χ0n) is 12.6. The van der Waals surface area contributed by atoms with Crippen molar-refractivity contribution in [1.82, 2.24) is 15.5 Å². The summed E-state index contributed by atoms with van der Waals surface area (Å²) in [5.74, 6) is 1.09. The maximum absolute atomic E-state index is 12.1. The second kappa shape index (κ2) is 6.90. The lowest BCUT2D eigenvalue weighted by Gasteiger charge is -2.37. The van der Waals surface area contributed by atoms with Crippen LogP contribution in [0.4, 0.5) is 0 Å². The van der Waals surface area contributed by atoms with E-state index in [9.17, 15) is 4.79 Å². The Bertz CT molecular complexity index is 328. The number of nitrogens with zero attached hydrogens (tertiary/aromatic N) is 1. The molecule has 1 aliphatic carbocycles. The number of amides is 1. The Balaban J connectivity index is 1.40. The predicted molar refractivity (Wildman–Crippen MR) is 80.6 cm³/mol. The fourth-order valence-corrected chi connectivity index (χ4v) is 4.23. The van der Waals surface area contributed by atoms with Crippen LogP contribution in [0.5, 0.6) is 0 Å². The second-order valence-electron chi connectivity index (χ2n) is 6.82. The Hall–Kier alpha value is -0.610. The van der Waals surface area contributed by atoms with Crippen molar-refractivity contribution in [3.8, 4) is 0 Å². The first-order chi connectivity index (χ1) is 9.83. The number of piperidine rings is 1. The van der Waals surface area contributed by atoms with Crippen molar-refractivity contribution in [1.29, 1.82) is 0 Å². The molecule has 0 spiro atoms. The minimum atomic E-state index is 0.268. The first-order valence-electron chi connectivity index (χ1n) is 8.57. The molecule has 1 amide bonds. The van der Waals surface area contributed by atoms with E-state index in [0.29, 0.717) is 18.5 Å². The Morgan fingerprint density at radius 2 is 1.95 bits per heavy atom. The van der Waals surface area contributed by atoms with Crippen LogP contribution in [0.1, 0.15) is 51.4 Å². The molecule has 0 bridgehead atoms. The van der Waals surface area contributed by atoms with E-state index >= 15 is 0 Å². The van der Waals surface area contributed by atoms with Crippen molar-refractivity contribution in [3.63, 3.8) is 0 Å². The van der Waals surface area contributed by atoms with Gasteiger partial charge in [0.25, 0.3) is 0 Å². The van der Waals surface area contributed by atoms with Crippen LogP contribution in [0.25, 0.3) is 0 Å². The molecule has 3 fully saturated rings. The molecule has 2 N–H and O–H groups in total. The molecule has 2 aliphatic heterocycles. The van der Waals surface area contributed by atoms with Gasteiger partial charge in [-0.15, -0.1) is 0 Å². The molecule has 3 rings (SSSR count). The number of carbonyl (C=O) groups excluding carboxylic acids is 1. The minimum absolute atomic E-state index is 0.268. The number of rotatable bonds is 4. The van der Waals surface area contributed by atoms with E-state index in [1.54, 1.807) is 0 Å². The molecule has 0 aromatic rings. The second-order valence-corrected chi connectivity index (χ2v) is 6.82. The largest absolute Gasteiger partial charge is 0.353 e. The SMILES string of the molecule is O=C(CCN1CCCC2CNCC21)NC1CCCCC1.